The van der Waals surface area contributed by atoms with Gasteiger partial charge in [0.1, 0.15) is 13.2 Å². The molecule has 0 saturated heterocycles. The van der Waals surface area contributed by atoms with E-state index in [0.717, 1.165) is 5.56 Å². The van der Waals surface area contributed by atoms with E-state index in [9.17, 15) is 18.0 Å². The van der Waals surface area contributed by atoms with Gasteiger partial charge in [-0.05, 0) is 44.9 Å². The van der Waals surface area contributed by atoms with E-state index >= 15 is 0 Å². The number of rotatable bonds is 9. The molecule has 25 heavy (non-hydrogen) atoms. The average molecular weight is 368 g/mol. The number of hydrogen-bond donors (Lipinski definition) is 0. The molecule has 0 radical (unpaired) electrons. The van der Waals surface area contributed by atoms with Gasteiger partial charge in [0.25, 0.3) is 0 Å². The topological polar surface area (TPSA) is 86.7 Å². The molecular formula is C18H24O6S. The Bertz CT molecular complexity index is 716. The zero-order valence-corrected chi connectivity index (χ0v) is 15.6. The Morgan fingerprint density at radius 2 is 1.64 bits per heavy atom. The fourth-order valence-corrected chi connectivity index (χ4v) is 2.91. The van der Waals surface area contributed by atoms with Gasteiger partial charge in [0.15, 0.2) is 9.84 Å². The first-order chi connectivity index (χ1) is 11.6. The van der Waals surface area contributed by atoms with E-state index in [1.165, 1.54) is 6.92 Å². The predicted octanol–water partition coefficient (Wildman–Crippen LogP) is 2.46. The number of ether oxygens (including phenoxy) is 2. The second-order valence-corrected chi connectivity index (χ2v) is 8.38. The molecule has 138 valence electrons. The maximum atomic E-state index is 12.0. The van der Waals surface area contributed by atoms with E-state index in [1.54, 1.807) is 38.1 Å². The molecule has 1 rings (SSSR count). The van der Waals surface area contributed by atoms with Gasteiger partial charge in [-0.2, -0.15) is 0 Å². The minimum atomic E-state index is -3.29. The van der Waals surface area contributed by atoms with Gasteiger partial charge in [0.2, 0.25) is 0 Å². The highest BCUT2D eigenvalue weighted by Gasteiger charge is 2.18. The van der Waals surface area contributed by atoms with Crippen molar-refractivity contribution in [2.45, 2.75) is 43.8 Å². The summed E-state index contributed by atoms with van der Waals surface area (Å²) in [5, 5.41) is -0.479. The molecule has 7 heteroatoms. The average Bonchev–Trinajstić information content (AvgIpc) is 2.56. The molecule has 0 amide bonds. The van der Waals surface area contributed by atoms with Crippen LogP contribution in [-0.4, -0.2) is 38.8 Å². The van der Waals surface area contributed by atoms with E-state index in [0.29, 0.717) is 6.42 Å². The Kier molecular flexibility index (Phi) is 7.83. The fourth-order valence-electron chi connectivity index (χ4n) is 1.85. The molecule has 1 aromatic rings. The van der Waals surface area contributed by atoms with Crippen LogP contribution in [0.15, 0.2) is 41.3 Å². The van der Waals surface area contributed by atoms with Crippen molar-refractivity contribution in [2.75, 3.05) is 13.2 Å². The number of hydrogen-bond acceptors (Lipinski definition) is 6. The third kappa shape index (κ3) is 6.70. The van der Waals surface area contributed by atoms with Crippen LogP contribution in [0, 0.1) is 0 Å². The fraction of sp³-hybridized carbons (Fsp3) is 0.444. The van der Waals surface area contributed by atoms with Crippen LogP contribution in [0.1, 0.15) is 32.8 Å². The number of carbonyl (C=O) groups excluding carboxylic acids is 2. The molecule has 0 aliphatic heterocycles. The molecule has 0 N–H and O–H groups in total. The lowest BCUT2D eigenvalue weighted by molar-refractivity contribution is -0.150. The molecule has 1 aromatic carbocycles. The van der Waals surface area contributed by atoms with Crippen LogP contribution in [-0.2, 0) is 35.3 Å². The van der Waals surface area contributed by atoms with Crippen molar-refractivity contribution in [3.8, 4) is 0 Å². The summed E-state index contributed by atoms with van der Waals surface area (Å²) >= 11 is 0. The summed E-state index contributed by atoms with van der Waals surface area (Å²) in [5.74, 6) is -0.933. The normalized spacial score (nSPS) is 11.2. The van der Waals surface area contributed by atoms with E-state index in [1.807, 2.05) is 0 Å². The Balaban J connectivity index is 2.39. The Labute approximate surface area is 148 Å². The second-order valence-electron chi connectivity index (χ2n) is 5.87. The van der Waals surface area contributed by atoms with Gasteiger partial charge in [0, 0.05) is 12.0 Å². The molecular weight excluding hydrogens is 344 g/mol. The lowest BCUT2D eigenvalue weighted by atomic mass is 10.1. The molecule has 0 fully saturated rings. The number of aryl methyl sites for hydroxylation is 1. The quantitative estimate of drug-likeness (QED) is 0.378. The Hall–Kier alpha value is -2.15. The van der Waals surface area contributed by atoms with Gasteiger partial charge in [-0.1, -0.05) is 18.7 Å². The molecule has 6 nitrogen and oxygen atoms in total. The predicted molar refractivity (Wildman–Crippen MR) is 93.8 cm³/mol. The molecule has 0 saturated carbocycles. The largest absolute Gasteiger partial charge is 0.462 e. The monoisotopic (exact) mass is 368 g/mol. The first-order valence-electron chi connectivity index (χ1n) is 7.95. The zero-order valence-electron chi connectivity index (χ0n) is 14.8. The number of esters is 2. The van der Waals surface area contributed by atoms with Crippen LogP contribution >= 0.6 is 0 Å². The number of carbonyl (C=O) groups is 2. The van der Waals surface area contributed by atoms with E-state index in [4.69, 9.17) is 9.47 Å². The SMILES string of the molecule is C=C(C)C(=O)OCCOC(=O)CCc1ccc(S(=O)(=O)C(C)C)cc1. The summed E-state index contributed by atoms with van der Waals surface area (Å²) in [7, 11) is -3.29. The van der Waals surface area contributed by atoms with Crippen LogP contribution in [0.25, 0.3) is 0 Å². The third-order valence-corrected chi connectivity index (χ3v) is 5.59. The highest BCUT2D eigenvalue weighted by Crippen LogP contribution is 2.17. The lowest BCUT2D eigenvalue weighted by Gasteiger charge is -2.09. The Morgan fingerprint density at radius 1 is 1.08 bits per heavy atom. The van der Waals surface area contributed by atoms with Crippen molar-refractivity contribution in [2.24, 2.45) is 0 Å². The molecule has 0 aliphatic carbocycles. The van der Waals surface area contributed by atoms with Crippen LogP contribution < -0.4 is 0 Å². The first-order valence-corrected chi connectivity index (χ1v) is 9.50. The smallest absolute Gasteiger partial charge is 0.333 e. The van der Waals surface area contributed by atoms with Crippen LogP contribution in [0.4, 0.5) is 0 Å². The third-order valence-electron chi connectivity index (χ3n) is 3.42. The van der Waals surface area contributed by atoms with Crippen molar-refractivity contribution in [1.82, 2.24) is 0 Å². The molecule has 0 atom stereocenters. The van der Waals surface area contributed by atoms with Crippen molar-refractivity contribution in [1.29, 1.82) is 0 Å². The molecule has 0 aromatic heterocycles. The van der Waals surface area contributed by atoms with Gasteiger partial charge in [-0.25, -0.2) is 13.2 Å². The minimum Gasteiger partial charge on any atom is -0.462 e. The standard InChI is InChI=1S/C18H24O6S/c1-13(2)18(20)24-12-11-23-17(19)10-7-15-5-8-16(9-6-15)25(21,22)14(3)4/h5-6,8-9,14H,1,7,10-12H2,2-4H3. The van der Waals surface area contributed by atoms with Crippen molar-refractivity contribution in [3.05, 3.63) is 42.0 Å². The minimum absolute atomic E-state index is 0.0105. The summed E-state index contributed by atoms with van der Waals surface area (Å²) < 4.78 is 33.8. The van der Waals surface area contributed by atoms with E-state index < -0.39 is 27.0 Å². The Morgan fingerprint density at radius 3 is 2.16 bits per heavy atom. The summed E-state index contributed by atoms with van der Waals surface area (Å²) in [4.78, 5) is 23.0. The maximum absolute atomic E-state index is 12.0. The number of benzene rings is 1. The van der Waals surface area contributed by atoms with Crippen molar-refractivity contribution < 1.29 is 27.5 Å². The van der Waals surface area contributed by atoms with Gasteiger partial charge < -0.3 is 9.47 Å². The molecule has 0 unspecified atom stereocenters. The van der Waals surface area contributed by atoms with Gasteiger partial charge in [0.05, 0.1) is 10.1 Å². The van der Waals surface area contributed by atoms with Gasteiger partial charge in [-0.15, -0.1) is 0 Å². The zero-order chi connectivity index (χ0) is 19.0. The highest BCUT2D eigenvalue weighted by atomic mass is 32.2. The van der Waals surface area contributed by atoms with Crippen LogP contribution in [0.3, 0.4) is 0 Å². The lowest BCUT2D eigenvalue weighted by Crippen LogP contribution is -2.15. The van der Waals surface area contributed by atoms with E-state index in [-0.39, 0.29) is 30.1 Å². The van der Waals surface area contributed by atoms with E-state index in [2.05, 4.69) is 6.58 Å². The highest BCUT2D eigenvalue weighted by molar-refractivity contribution is 7.92. The summed E-state index contributed by atoms with van der Waals surface area (Å²) in [5.41, 5.74) is 1.13. The van der Waals surface area contributed by atoms with Gasteiger partial charge >= 0.3 is 11.9 Å². The van der Waals surface area contributed by atoms with Crippen LogP contribution in [0.2, 0.25) is 0 Å². The molecule has 0 aliphatic rings. The summed E-state index contributed by atoms with van der Waals surface area (Å²) in [6, 6.07) is 6.48. The summed E-state index contributed by atoms with van der Waals surface area (Å²) in [6.07, 6.45) is 0.594. The maximum Gasteiger partial charge on any atom is 0.333 e. The second kappa shape index (κ2) is 9.36. The molecule has 0 spiro atoms. The van der Waals surface area contributed by atoms with Gasteiger partial charge in [-0.3, -0.25) is 4.79 Å². The molecule has 0 heterocycles. The summed E-state index contributed by atoms with van der Waals surface area (Å²) in [6.45, 7) is 8.22. The van der Waals surface area contributed by atoms with Crippen LogP contribution in [0.5, 0.6) is 0 Å². The van der Waals surface area contributed by atoms with Crippen molar-refractivity contribution in [3.63, 3.8) is 0 Å². The molecule has 0 bridgehead atoms. The first kappa shape index (κ1) is 20.9. The number of sulfone groups is 1. The van der Waals surface area contributed by atoms with Crippen molar-refractivity contribution >= 4 is 21.8 Å².